The van der Waals surface area contributed by atoms with Crippen molar-refractivity contribution in [3.8, 4) is 0 Å². The topological polar surface area (TPSA) is 77.4 Å². The standard InChI is InChI=1S/C44H90O6/c1-5-7-9-11-13-15-17-19-21-23-25-27-29-31-33-35-37-49-39-41(47-3)43(45)44(46)42(48-4)40-50-38-36-34-32-30-28-26-24-22-20-18-16-14-12-10-8-6-2/h41-46H,5-40H2,1-4H3/t41-,42-,43-,44-/m1/s1. The number of aliphatic hydroxyl groups excluding tert-OH is 2. The van der Waals surface area contributed by atoms with Crippen molar-refractivity contribution < 1.29 is 29.2 Å². The predicted octanol–water partition coefficient (Wildman–Crippen LogP) is 12.3. The fraction of sp³-hybridized carbons (Fsp3) is 1.00. The van der Waals surface area contributed by atoms with Gasteiger partial charge in [-0.2, -0.15) is 0 Å². The van der Waals surface area contributed by atoms with E-state index in [2.05, 4.69) is 13.8 Å². The maximum absolute atomic E-state index is 10.8. The van der Waals surface area contributed by atoms with Crippen molar-refractivity contribution in [2.75, 3.05) is 40.6 Å². The summed E-state index contributed by atoms with van der Waals surface area (Å²) >= 11 is 0. The summed E-state index contributed by atoms with van der Waals surface area (Å²) in [4.78, 5) is 0. The normalized spacial score (nSPS) is 14.3. The molecule has 0 amide bonds. The largest absolute Gasteiger partial charge is 0.388 e. The second-order valence-corrected chi connectivity index (χ2v) is 15.3. The van der Waals surface area contributed by atoms with Crippen LogP contribution in [0.4, 0.5) is 0 Å². The van der Waals surface area contributed by atoms with E-state index in [0.717, 1.165) is 12.8 Å². The van der Waals surface area contributed by atoms with Crippen LogP contribution in [0.25, 0.3) is 0 Å². The highest BCUT2D eigenvalue weighted by Crippen LogP contribution is 2.16. The Labute approximate surface area is 312 Å². The average Bonchev–Trinajstić information content (AvgIpc) is 3.13. The second kappa shape index (κ2) is 41.5. The minimum atomic E-state index is -1.10. The summed E-state index contributed by atoms with van der Waals surface area (Å²) < 4.78 is 22.6. The van der Waals surface area contributed by atoms with Crippen molar-refractivity contribution in [1.29, 1.82) is 0 Å². The summed E-state index contributed by atoms with van der Waals surface area (Å²) in [6.45, 7) is 6.38. The van der Waals surface area contributed by atoms with Gasteiger partial charge < -0.3 is 29.2 Å². The first kappa shape index (κ1) is 49.8. The summed E-state index contributed by atoms with van der Waals surface area (Å²) in [5.74, 6) is 0. The number of rotatable bonds is 43. The Bertz CT molecular complexity index is 567. The lowest BCUT2D eigenvalue weighted by Crippen LogP contribution is -2.49. The van der Waals surface area contributed by atoms with Crippen LogP contribution in [0.2, 0.25) is 0 Å². The number of hydrogen-bond donors (Lipinski definition) is 2. The molecule has 0 rings (SSSR count). The molecule has 6 nitrogen and oxygen atoms in total. The molecule has 6 heteroatoms. The van der Waals surface area contributed by atoms with E-state index < -0.39 is 24.4 Å². The zero-order valence-corrected chi connectivity index (χ0v) is 34.3. The molecule has 2 N–H and O–H groups in total. The van der Waals surface area contributed by atoms with Crippen LogP contribution in [0.5, 0.6) is 0 Å². The highest BCUT2D eigenvalue weighted by Gasteiger charge is 2.33. The first-order chi connectivity index (χ1) is 24.6. The second-order valence-electron chi connectivity index (χ2n) is 15.3. The first-order valence-electron chi connectivity index (χ1n) is 22.2. The quantitative estimate of drug-likeness (QED) is 0.0612. The molecule has 0 radical (unpaired) electrons. The number of aliphatic hydroxyl groups is 2. The molecule has 0 saturated heterocycles. The van der Waals surface area contributed by atoms with E-state index in [4.69, 9.17) is 18.9 Å². The van der Waals surface area contributed by atoms with E-state index in [9.17, 15) is 10.2 Å². The molecule has 0 aliphatic carbocycles. The van der Waals surface area contributed by atoms with Gasteiger partial charge in [0.15, 0.2) is 0 Å². The minimum Gasteiger partial charge on any atom is -0.388 e. The van der Waals surface area contributed by atoms with Crippen molar-refractivity contribution >= 4 is 0 Å². The molecule has 0 spiro atoms. The van der Waals surface area contributed by atoms with Crippen molar-refractivity contribution in [3.05, 3.63) is 0 Å². The van der Waals surface area contributed by atoms with Gasteiger partial charge in [0, 0.05) is 27.4 Å². The third-order valence-electron chi connectivity index (χ3n) is 10.6. The number of unbranched alkanes of at least 4 members (excludes halogenated alkanes) is 30. The fourth-order valence-electron chi connectivity index (χ4n) is 6.96. The molecular formula is C44H90O6. The van der Waals surface area contributed by atoms with Crippen LogP contribution in [0.3, 0.4) is 0 Å². The molecule has 0 aromatic carbocycles. The van der Waals surface area contributed by atoms with Gasteiger partial charge in [-0.15, -0.1) is 0 Å². The Morgan fingerprint density at radius 3 is 0.720 bits per heavy atom. The molecule has 0 fully saturated rings. The van der Waals surface area contributed by atoms with Gasteiger partial charge in [0.2, 0.25) is 0 Å². The van der Waals surface area contributed by atoms with Crippen molar-refractivity contribution in [1.82, 2.24) is 0 Å². The van der Waals surface area contributed by atoms with E-state index in [-0.39, 0.29) is 13.2 Å². The highest BCUT2D eigenvalue weighted by atomic mass is 16.5. The molecule has 0 aliphatic heterocycles. The van der Waals surface area contributed by atoms with E-state index >= 15 is 0 Å². The molecule has 302 valence electrons. The molecule has 4 atom stereocenters. The maximum atomic E-state index is 10.8. The fourth-order valence-corrected chi connectivity index (χ4v) is 6.96. The Balaban J connectivity index is 3.68. The van der Waals surface area contributed by atoms with Crippen LogP contribution in [-0.4, -0.2) is 75.3 Å². The van der Waals surface area contributed by atoms with Crippen LogP contribution in [-0.2, 0) is 18.9 Å². The van der Waals surface area contributed by atoms with Gasteiger partial charge in [-0.25, -0.2) is 0 Å². The van der Waals surface area contributed by atoms with Gasteiger partial charge in [-0.05, 0) is 12.8 Å². The maximum Gasteiger partial charge on any atom is 0.111 e. The molecule has 0 aromatic heterocycles. The van der Waals surface area contributed by atoms with Gasteiger partial charge >= 0.3 is 0 Å². The van der Waals surface area contributed by atoms with Crippen molar-refractivity contribution in [2.45, 2.75) is 244 Å². The molecule has 0 unspecified atom stereocenters. The number of hydrogen-bond acceptors (Lipinski definition) is 6. The zero-order chi connectivity index (χ0) is 36.6. The molecular weight excluding hydrogens is 624 g/mol. The summed E-state index contributed by atoms with van der Waals surface area (Å²) in [6.07, 6.45) is 39.7. The number of methoxy groups -OCH3 is 2. The van der Waals surface area contributed by atoms with E-state index in [1.165, 1.54) is 193 Å². The Morgan fingerprint density at radius 1 is 0.320 bits per heavy atom. The van der Waals surface area contributed by atoms with Gasteiger partial charge in [0.1, 0.15) is 24.4 Å². The van der Waals surface area contributed by atoms with Gasteiger partial charge in [0.25, 0.3) is 0 Å². The summed E-state index contributed by atoms with van der Waals surface area (Å²) in [5, 5.41) is 21.6. The molecule has 0 saturated carbocycles. The summed E-state index contributed by atoms with van der Waals surface area (Å²) in [5.41, 5.74) is 0. The molecule has 0 aromatic rings. The van der Waals surface area contributed by atoms with E-state index in [1.807, 2.05) is 0 Å². The predicted molar refractivity (Wildman–Crippen MR) is 214 cm³/mol. The monoisotopic (exact) mass is 715 g/mol. The average molecular weight is 715 g/mol. The van der Waals surface area contributed by atoms with Gasteiger partial charge in [0.05, 0.1) is 13.2 Å². The molecule has 50 heavy (non-hydrogen) atoms. The smallest absolute Gasteiger partial charge is 0.111 e. The Kier molecular flexibility index (Phi) is 41.3. The van der Waals surface area contributed by atoms with Crippen LogP contribution in [0, 0.1) is 0 Å². The Hall–Kier alpha value is -0.240. The van der Waals surface area contributed by atoms with Gasteiger partial charge in [-0.3, -0.25) is 0 Å². The minimum absolute atomic E-state index is 0.254. The lowest BCUT2D eigenvalue weighted by atomic mass is 10.0. The summed E-state index contributed by atoms with van der Waals surface area (Å²) in [6, 6.07) is 0. The zero-order valence-electron chi connectivity index (χ0n) is 34.3. The lowest BCUT2D eigenvalue weighted by molar-refractivity contribution is -0.150. The van der Waals surface area contributed by atoms with E-state index in [0.29, 0.717) is 13.2 Å². The SMILES string of the molecule is CCCCCCCCCCCCCCCCCCOC[C@@H](OC)[C@@H](O)[C@H](O)[C@@H](COCCCCCCCCCCCCCCCCCC)OC. The Morgan fingerprint density at radius 2 is 0.520 bits per heavy atom. The third-order valence-corrected chi connectivity index (χ3v) is 10.6. The van der Waals surface area contributed by atoms with Crippen LogP contribution < -0.4 is 0 Å². The van der Waals surface area contributed by atoms with Crippen molar-refractivity contribution in [2.24, 2.45) is 0 Å². The molecule has 0 bridgehead atoms. The van der Waals surface area contributed by atoms with Crippen molar-refractivity contribution in [3.63, 3.8) is 0 Å². The van der Waals surface area contributed by atoms with Crippen LogP contribution in [0.1, 0.15) is 219 Å². The molecule has 0 heterocycles. The molecule has 0 aliphatic rings. The highest BCUT2D eigenvalue weighted by molar-refractivity contribution is 4.82. The van der Waals surface area contributed by atoms with Crippen LogP contribution in [0.15, 0.2) is 0 Å². The van der Waals surface area contributed by atoms with E-state index in [1.54, 1.807) is 14.2 Å². The summed E-state index contributed by atoms with van der Waals surface area (Å²) in [7, 11) is 3.10. The van der Waals surface area contributed by atoms with Crippen LogP contribution >= 0.6 is 0 Å². The lowest BCUT2D eigenvalue weighted by Gasteiger charge is -2.30. The third kappa shape index (κ3) is 33.6. The van der Waals surface area contributed by atoms with Gasteiger partial charge in [-0.1, -0.05) is 206 Å². The number of ether oxygens (including phenoxy) is 4. The first-order valence-corrected chi connectivity index (χ1v) is 22.2.